The summed E-state index contributed by atoms with van der Waals surface area (Å²) in [6, 6.07) is 8.09. The van der Waals surface area contributed by atoms with Gasteiger partial charge in [0, 0.05) is 18.0 Å². The van der Waals surface area contributed by atoms with Gasteiger partial charge in [-0.2, -0.15) is 0 Å². The van der Waals surface area contributed by atoms with Crippen LogP contribution < -0.4 is 0 Å². The molecule has 2 fully saturated rings. The quantitative estimate of drug-likeness (QED) is 0.464. The van der Waals surface area contributed by atoms with Crippen molar-refractivity contribution >= 4 is 6.09 Å². The van der Waals surface area contributed by atoms with Gasteiger partial charge in [0.05, 0.1) is 24.1 Å². The van der Waals surface area contributed by atoms with Crippen molar-refractivity contribution in [3.05, 3.63) is 59.6 Å². The highest BCUT2D eigenvalue weighted by molar-refractivity contribution is 5.69. The smallest absolute Gasteiger partial charge is 0.410 e. The van der Waals surface area contributed by atoms with Gasteiger partial charge < -0.3 is 14.7 Å². The Hall–Kier alpha value is -3.53. The Balaban J connectivity index is 1.24. The first-order valence-electron chi connectivity index (χ1n) is 12.6. The number of carbonyl (C=O) groups excluding carboxylic acids is 1. The van der Waals surface area contributed by atoms with Crippen molar-refractivity contribution in [2.24, 2.45) is 0 Å². The Kier molecular flexibility index (Phi) is 6.38. The molecule has 2 aliphatic rings. The predicted octanol–water partition coefficient (Wildman–Crippen LogP) is 5.93. The number of nitrogens with one attached hydrogen (secondary N) is 2. The summed E-state index contributed by atoms with van der Waals surface area (Å²) in [5.41, 5.74) is 3.30. The molecule has 5 rings (SSSR count). The summed E-state index contributed by atoms with van der Waals surface area (Å²) in [6.07, 6.45) is 10.2. The number of carbonyl (C=O) groups is 1. The normalized spacial score (nSPS) is 18.5. The molecule has 1 atom stereocenters. The van der Waals surface area contributed by atoms with E-state index in [-0.39, 0.29) is 12.1 Å². The van der Waals surface area contributed by atoms with E-state index in [0.29, 0.717) is 12.5 Å². The highest BCUT2D eigenvalue weighted by Crippen LogP contribution is 2.33. The number of ether oxygens (including phenoxy) is 1. The van der Waals surface area contributed by atoms with Gasteiger partial charge in [0.15, 0.2) is 0 Å². The van der Waals surface area contributed by atoms with Gasteiger partial charge in [0.1, 0.15) is 22.9 Å². The van der Waals surface area contributed by atoms with Gasteiger partial charge >= 0.3 is 6.09 Å². The molecule has 1 saturated heterocycles. The minimum absolute atomic E-state index is 0.108. The molecular formula is C28H33N5O2. The number of aromatic amines is 2. The molecule has 1 aliphatic heterocycles. The van der Waals surface area contributed by atoms with Crippen LogP contribution in [0.3, 0.4) is 0 Å². The lowest BCUT2D eigenvalue weighted by molar-refractivity contribution is 0.0218. The van der Waals surface area contributed by atoms with Gasteiger partial charge in [-0.05, 0) is 70.1 Å². The van der Waals surface area contributed by atoms with Gasteiger partial charge in [-0.15, -0.1) is 0 Å². The lowest BCUT2D eigenvalue weighted by Gasteiger charge is -2.27. The van der Waals surface area contributed by atoms with E-state index < -0.39 is 5.60 Å². The monoisotopic (exact) mass is 471 g/mol. The Labute approximate surface area is 206 Å². The molecule has 182 valence electrons. The molecule has 2 N–H and O–H groups in total. The fourth-order valence-corrected chi connectivity index (χ4v) is 4.92. The van der Waals surface area contributed by atoms with Crippen LogP contribution in [-0.4, -0.2) is 43.1 Å². The Bertz CT molecular complexity index is 1230. The highest BCUT2D eigenvalue weighted by atomic mass is 16.6. The highest BCUT2D eigenvalue weighted by Gasteiger charge is 2.34. The fourth-order valence-electron chi connectivity index (χ4n) is 4.92. The minimum Gasteiger partial charge on any atom is -0.444 e. The van der Waals surface area contributed by atoms with Crippen molar-refractivity contribution in [3.8, 4) is 23.1 Å². The number of aromatic nitrogens is 4. The van der Waals surface area contributed by atoms with Crippen molar-refractivity contribution in [1.82, 2.24) is 24.8 Å². The zero-order chi connectivity index (χ0) is 24.4. The summed E-state index contributed by atoms with van der Waals surface area (Å²) in [6.45, 7) is 6.32. The maximum Gasteiger partial charge on any atom is 0.410 e. The van der Waals surface area contributed by atoms with Crippen LogP contribution in [0.5, 0.6) is 0 Å². The van der Waals surface area contributed by atoms with E-state index >= 15 is 0 Å². The van der Waals surface area contributed by atoms with E-state index in [0.717, 1.165) is 47.0 Å². The molecule has 0 bridgehead atoms. The van der Waals surface area contributed by atoms with Crippen LogP contribution in [0.1, 0.15) is 94.2 Å². The van der Waals surface area contributed by atoms with E-state index in [1.807, 2.05) is 39.1 Å². The van der Waals surface area contributed by atoms with Crippen LogP contribution in [0.25, 0.3) is 11.3 Å². The fraction of sp³-hybridized carbons (Fsp3) is 0.464. The second-order valence-electron chi connectivity index (χ2n) is 10.5. The van der Waals surface area contributed by atoms with Crippen molar-refractivity contribution in [1.29, 1.82) is 0 Å². The van der Waals surface area contributed by atoms with Crippen LogP contribution in [-0.2, 0) is 4.74 Å². The second kappa shape index (κ2) is 9.61. The zero-order valence-corrected chi connectivity index (χ0v) is 20.7. The van der Waals surface area contributed by atoms with Crippen molar-refractivity contribution in [2.45, 2.75) is 76.9 Å². The average molecular weight is 472 g/mol. The molecular weight excluding hydrogens is 438 g/mol. The number of benzene rings is 1. The number of likely N-dealkylation sites (tertiary alicyclic amines) is 1. The summed E-state index contributed by atoms with van der Waals surface area (Å²) in [5.74, 6) is 8.82. The Morgan fingerprint density at radius 2 is 1.71 bits per heavy atom. The van der Waals surface area contributed by atoms with E-state index in [1.54, 1.807) is 11.1 Å². The van der Waals surface area contributed by atoms with E-state index in [1.165, 1.54) is 25.7 Å². The maximum absolute atomic E-state index is 12.6. The molecule has 35 heavy (non-hydrogen) atoms. The van der Waals surface area contributed by atoms with E-state index in [4.69, 9.17) is 4.74 Å². The SMILES string of the molecule is CC(C)(C)OC(=O)N1CCC[C@H]1c1ncc(C#Cc2ccc(-c3cnc(C4CCCC4)[nH]3)cc2)[nH]1. The zero-order valence-electron chi connectivity index (χ0n) is 20.7. The number of nitrogens with zero attached hydrogens (tertiary/aromatic N) is 3. The van der Waals surface area contributed by atoms with Crippen molar-refractivity contribution < 1.29 is 9.53 Å². The molecule has 1 amide bonds. The van der Waals surface area contributed by atoms with E-state index in [2.05, 4.69) is 43.9 Å². The van der Waals surface area contributed by atoms with Gasteiger partial charge in [-0.1, -0.05) is 30.9 Å². The van der Waals surface area contributed by atoms with Crippen molar-refractivity contribution in [2.75, 3.05) is 6.54 Å². The van der Waals surface area contributed by atoms with Crippen LogP contribution in [0, 0.1) is 11.8 Å². The third-order valence-corrected chi connectivity index (χ3v) is 6.67. The number of hydrogen-bond donors (Lipinski definition) is 2. The molecule has 3 aromatic rings. The van der Waals surface area contributed by atoms with Gasteiger partial charge in [0.2, 0.25) is 0 Å². The summed E-state index contributed by atoms with van der Waals surface area (Å²) in [4.78, 5) is 30.3. The number of amides is 1. The molecule has 1 aromatic carbocycles. The largest absolute Gasteiger partial charge is 0.444 e. The molecule has 0 unspecified atom stereocenters. The number of rotatable bonds is 3. The molecule has 7 nitrogen and oxygen atoms in total. The third kappa shape index (κ3) is 5.43. The number of hydrogen-bond acceptors (Lipinski definition) is 4. The van der Waals surface area contributed by atoms with Crippen LogP contribution in [0.2, 0.25) is 0 Å². The number of H-pyrrole nitrogens is 2. The molecule has 1 aliphatic carbocycles. The molecule has 1 saturated carbocycles. The summed E-state index contributed by atoms with van der Waals surface area (Å²) in [5, 5.41) is 0. The lowest BCUT2D eigenvalue weighted by Crippen LogP contribution is -2.36. The Morgan fingerprint density at radius 1 is 0.971 bits per heavy atom. The van der Waals surface area contributed by atoms with Crippen molar-refractivity contribution in [3.63, 3.8) is 0 Å². The lowest BCUT2D eigenvalue weighted by atomic mass is 10.1. The molecule has 0 radical (unpaired) electrons. The van der Waals surface area contributed by atoms with Crippen LogP contribution in [0.4, 0.5) is 4.79 Å². The minimum atomic E-state index is -0.519. The molecule has 2 aromatic heterocycles. The summed E-state index contributed by atoms with van der Waals surface area (Å²) in [7, 11) is 0. The summed E-state index contributed by atoms with van der Waals surface area (Å²) >= 11 is 0. The third-order valence-electron chi connectivity index (χ3n) is 6.67. The topological polar surface area (TPSA) is 86.9 Å². The molecule has 0 spiro atoms. The first-order valence-corrected chi connectivity index (χ1v) is 12.6. The Morgan fingerprint density at radius 3 is 2.46 bits per heavy atom. The van der Waals surface area contributed by atoms with Crippen LogP contribution in [0.15, 0.2) is 36.7 Å². The number of imidazole rings is 2. The average Bonchev–Trinajstić information content (AvgIpc) is 3.62. The summed E-state index contributed by atoms with van der Waals surface area (Å²) < 4.78 is 5.57. The van der Waals surface area contributed by atoms with Crippen LogP contribution >= 0.6 is 0 Å². The molecule has 7 heteroatoms. The first-order chi connectivity index (χ1) is 16.9. The predicted molar refractivity (Wildman–Crippen MR) is 135 cm³/mol. The van der Waals surface area contributed by atoms with Gasteiger partial charge in [-0.3, -0.25) is 4.90 Å². The van der Waals surface area contributed by atoms with Gasteiger partial charge in [0.25, 0.3) is 0 Å². The first kappa shape index (κ1) is 23.2. The van der Waals surface area contributed by atoms with E-state index in [9.17, 15) is 4.79 Å². The standard InChI is InChI=1S/C28H33N5O2/c1-28(2,3)35-27(34)33-16-6-9-24(33)26-29-17-22(31-26)15-12-19-10-13-20(14-11-19)23-18-30-25(32-23)21-7-4-5-8-21/h10-11,13-14,17-18,21,24H,4-9,16H2,1-3H3,(H,29,31)(H,30,32)/t24-/m0/s1. The second-order valence-corrected chi connectivity index (χ2v) is 10.5. The maximum atomic E-state index is 12.6. The van der Waals surface area contributed by atoms with Gasteiger partial charge in [-0.25, -0.2) is 14.8 Å². The molecule has 3 heterocycles.